The Bertz CT molecular complexity index is 1890. The summed E-state index contributed by atoms with van der Waals surface area (Å²) in [5.74, 6) is -0.0237. The third-order valence-electron chi connectivity index (χ3n) is 7.33. The predicted molar refractivity (Wildman–Crippen MR) is 167 cm³/mol. The van der Waals surface area contributed by atoms with E-state index in [0.717, 1.165) is 21.1 Å². The molecule has 3 heterocycles. The summed E-state index contributed by atoms with van der Waals surface area (Å²) in [5.41, 5.74) is 1.52. The van der Waals surface area contributed by atoms with Crippen LogP contribution in [0.5, 0.6) is 5.75 Å². The number of ether oxygens (including phenoxy) is 1. The van der Waals surface area contributed by atoms with Crippen molar-refractivity contribution in [1.82, 2.24) is 29.7 Å². The first-order valence-corrected chi connectivity index (χ1v) is 14.4. The van der Waals surface area contributed by atoms with E-state index < -0.39 is 17.2 Å². The highest BCUT2D eigenvalue weighted by atomic mass is 35.5. The molecule has 44 heavy (non-hydrogen) atoms. The number of hydrogen-bond acceptors (Lipinski definition) is 8. The molecule has 5 rings (SSSR count). The number of aromatic nitrogens is 4. The molecule has 3 N–H and O–H groups in total. The number of anilines is 1. The molecule has 2 aromatic heterocycles. The Morgan fingerprint density at radius 3 is 2.59 bits per heavy atom. The molecule has 1 saturated heterocycles. The molecule has 0 aliphatic carbocycles. The summed E-state index contributed by atoms with van der Waals surface area (Å²) >= 11 is 13.6. The zero-order valence-electron chi connectivity index (χ0n) is 24.1. The number of hydrogen-bond donors (Lipinski definition) is 3. The Labute approximate surface area is 262 Å². The van der Waals surface area contributed by atoms with Crippen LogP contribution in [0.25, 0.3) is 22.5 Å². The average Bonchev–Trinajstić information content (AvgIpc) is 3.44. The molecule has 0 bridgehead atoms. The maximum atomic E-state index is 13.0. The lowest BCUT2D eigenvalue weighted by Crippen LogP contribution is -2.40. The van der Waals surface area contributed by atoms with Gasteiger partial charge in [0.2, 0.25) is 5.91 Å². The van der Waals surface area contributed by atoms with Crippen molar-refractivity contribution in [2.24, 2.45) is 14.1 Å². The summed E-state index contributed by atoms with van der Waals surface area (Å²) in [4.78, 5) is 57.8. The highest BCUT2D eigenvalue weighted by Crippen LogP contribution is 2.40. The van der Waals surface area contributed by atoms with Crippen molar-refractivity contribution >= 4 is 40.7 Å². The highest BCUT2D eigenvalue weighted by molar-refractivity contribution is 6.39. The number of carbonyl (C=O) groups is 2. The van der Waals surface area contributed by atoms with Crippen molar-refractivity contribution < 1.29 is 14.3 Å². The van der Waals surface area contributed by atoms with Crippen LogP contribution in [0.4, 0.5) is 5.69 Å². The third-order valence-corrected chi connectivity index (χ3v) is 8.10. The Morgan fingerprint density at radius 1 is 1.09 bits per heavy atom. The van der Waals surface area contributed by atoms with Gasteiger partial charge in [0.25, 0.3) is 11.5 Å². The molecule has 0 radical (unpaired) electrons. The fourth-order valence-electron chi connectivity index (χ4n) is 4.97. The maximum Gasteiger partial charge on any atom is 0.330 e. The molecule has 1 fully saturated rings. The van der Waals surface area contributed by atoms with Gasteiger partial charge in [0.15, 0.2) is 0 Å². The summed E-state index contributed by atoms with van der Waals surface area (Å²) in [5, 5.41) is 9.32. The summed E-state index contributed by atoms with van der Waals surface area (Å²) in [6.45, 7) is 1.19. The maximum absolute atomic E-state index is 13.0. The van der Waals surface area contributed by atoms with Crippen molar-refractivity contribution in [2.75, 3.05) is 19.0 Å². The first kappa shape index (κ1) is 30.9. The van der Waals surface area contributed by atoms with E-state index in [1.807, 2.05) is 18.2 Å². The second kappa shape index (κ2) is 13.0. The molecule has 1 atom stereocenters. The van der Waals surface area contributed by atoms with E-state index in [0.29, 0.717) is 47.8 Å². The number of halogens is 2. The minimum atomic E-state index is -0.735. The van der Waals surface area contributed by atoms with E-state index in [2.05, 4.69) is 25.9 Å². The first-order valence-electron chi connectivity index (χ1n) is 13.6. The van der Waals surface area contributed by atoms with Crippen molar-refractivity contribution in [3.8, 4) is 28.3 Å². The lowest BCUT2D eigenvalue weighted by molar-refractivity contribution is -0.119. The van der Waals surface area contributed by atoms with E-state index in [1.165, 1.54) is 26.6 Å². The van der Waals surface area contributed by atoms with Gasteiger partial charge in [0, 0.05) is 62.5 Å². The number of carbonyl (C=O) groups excluding carboxylic acids is 2. The quantitative estimate of drug-likeness (QED) is 0.253. The molecule has 0 unspecified atom stereocenters. The second-order valence-electron chi connectivity index (χ2n) is 10.3. The Morgan fingerprint density at radius 2 is 1.86 bits per heavy atom. The van der Waals surface area contributed by atoms with Crippen LogP contribution in [-0.4, -0.2) is 50.6 Å². The Kier molecular flexibility index (Phi) is 9.14. The summed E-state index contributed by atoms with van der Waals surface area (Å²) in [6, 6.07) is 10.7. The minimum Gasteiger partial charge on any atom is -0.496 e. The fourth-order valence-corrected chi connectivity index (χ4v) is 5.54. The van der Waals surface area contributed by atoms with Crippen LogP contribution in [0.15, 0.2) is 58.5 Å². The Balaban J connectivity index is 1.40. The summed E-state index contributed by atoms with van der Waals surface area (Å²) in [7, 11) is 4.32. The first-order chi connectivity index (χ1) is 21.1. The van der Waals surface area contributed by atoms with Gasteiger partial charge in [0.05, 0.1) is 34.2 Å². The van der Waals surface area contributed by atoms with Gasteiger partial charge in [-0.2, -0.15) is 0 Å². The predicted octanol–water partition coefficient (Wildman–Crippen LogP) is 3.14. The van der Waals surface area contributed by atoms with E-state index in [9.17, 15) is 19.2 Å². The van der Waals surface area contributed by atoms with Crippen LogP contribution >= 0.6 is 23.2 Å². The third kappa shape index (κ3) is 6.23. The molecule has 1 aliphatic heterocycles. The largest absolute Gasteiger partial charge is 0.496 e. The van der Waals surface area contributed by atoms with Gasteiger partial charge in [-0.15, -0.1) is 0 Å². The van der Waals surface area contributed by atoms with Gasteiger partial charge in [-0.25, -0.2) is 14.8 Å². The van der Waals surface area contributed by atoms with Crippen molar-refractivity contribution in [3.05, 3.63) is 90.9 Å². The SMILES string of the molecule is COc1cc(-c2ncnc(-c3cccc(NC(=O)c4cn(C)c(=O)n(C)c4=O)c3Cl)c2Cl)ccc1CNC[C@@H]1CCC(=O)N1. The van der Waals surface area contributed by atoms with E-state index in [1.54, 1.807) is 25.3 Å². The van der Waals surface area contributed by atoms with Crippen LogP contribution in [0.1, 0.15) is 28.8 Å². The molecule has 0 saturated carbocycles. The summed E-state index contributed by atoms with van der Waals surface area (Å²) < 4.78 is 7.64. The zero-order chi connectivity index (χ0) is 31.5. The van der Waals surface area contributed by atoms with Gasteiger partial charge in [-0.3, -0.25) is 19.0 Å². The van der Waals surface area contributed by atoms with Crippen LogP contribution in [-0.2, 0) is 25.4 Å². The van der Waals surface area contributed by atoms with Crippen molar-refractivity contribution in [1.29, 1.82) is 0 Å². The lowest BCUT2D eigenvalue weighted by Gasteiger charge is -2.15. The van der Waals surface area contributed by atoms with Crippen LogP contribution < -0.4 is 31.9 Å². The minimum absolute atomic E-state index is 0.0750. The monoisotopic (exact) mass is 637 g/mol. The van der Waals surface area contributed by atoms with Gasteiger partial charge in [-0.05, 0) is 18.6 Å². The lowest BCUT2D eigenvalue weighted by atomic mass is 10.0. The number of nitrogens with zero attached hydrogens (tertiary/aromatic N) is 4. The fraction of sp³-hybridized carbons (Fsp3) is 0.267. The standard InChI is InChI=1S/C30H29Cl2N7O5/c1-38-14-20(29(42)39(2)30(38)43)28(41)37-21-6-4-5-19(24(21)31)27-25(32)26(34-15-35-27)16-7-8-17(22(11-16)44-3)12-33-13-18-9-10-23(40)36-18/h4-8,11,14-15,18,33H,9-10,12-13H2,1-3H3,(H,36,40)(H,37,41)/t18-/m0/s1. The van der Waals surface area contributed by atoms with Crippen LogP contribution in [0.2, 0.25) is 10.0 Å². The molecular weight excluding hydrogens is 609 g/mol. The van der Waals surface area contributed by atoms with E-state index >= 15 is 0 Å². The van der Waals surface area contributed by atoms with Gasteiger partial charge in [0.1, 0.15) is 17.6 Å². The highest BCUT2D eigenvalue weighted by Gasteiger charge is 2.22. The van der Waals surface area contributed by atoms with Crippen molar-refractivity contribution in [3.63, 3.8) is 0 Å². The molecule has 14 heteroatoms. The van der Waals surface area contributed by atoms with Gasteiger partial charge in [-0.1, -0.05) is 47.5 Å². The van der Waals surface area contributed by atoms with Crippen LogP contribution in [0, 0.1) is 0 Å². The number of nitrogens with one attached hydrogen (secondary N) is 3. The number of benzene rings is 2. The Hall–Kier alpha value is -4.52. The van der Waals surface area contributed by atoms with Crippen LogP contribution in [0.3, 0.4) is 0 Å². The molecular formula is C30H29Cl2N7O5. The van der Waals surface area contributed by atoms with Gasteiger partial charge >= 0.3 is 5.69 Å². The molecule has 0 spiro atoms. The molecule has 2 aromatic carbocycles. The molecule has 12 nitrogen and oxygen atoms in total. The molecule has 1 aliphatic rings. The summed E-state index contributed by atoms with van der Waals surface area (Å²) in [6.07, 6.45) is 3.90. The average molecular weight is 639 g/mol. The van der Waals surface area contributed by atoms with Gasteiger partial charge < -0.3 is 25.3 Å². The number of rotatable bonds is 9. The molecule has 228 valence electrons. The number of amides is 2. The van der Waals surface area contributed by atoms with Crippen molar-refractivity contribution in [2.45, 2.75) is 25.4 Å². The number of aryl methyl sites for hydroxylation is 1. The number of methoxy groups -OCH3 is 1. The van der Waals surface area contributed by atoms with E-state index in [4.69, 9.17) is 27.9 Å². The smallest absolute Gasteiger partial charge is 0.330 e. The zero-order valence-corrected chi connectivity index (χ0v) is 25.6. The van der Waals surface area contributed by atoms with E-state index in [-0.39, 0.29) is 33.2 Å². The normalized spacial score (nSPS) is 14.4. The topological polar surface area (TPSA) is 149 Å². The molecule has 4 aromatic rings. The second-order valence-corrected chi connectivity index (χ2v) is 11.0. The molecule has 2 amide bonds.